The Morgan fingerprint density at radius 3 is 2.05 bits per heavy atom. The molecule has 20 heavy (non-hydrogen) atoms. The molecule has 3 aromatic carbocycles. The van der Waals surface area contributed by atoms with Crippen molar-refractivity contribution in [2.24, 2.45) is 0 Å². The van der Waals surface area contributed by atoms with Crippen LogP contribution in [-0.4, -0.2) is 4.57 Å². The van der Waals surface area contributed by atoms with Crippen LogP contribution in [0.3, 0.4) is 0 Å². The maximum atomic E-state index is 8.40. The minimum Gasteiger partial charge on any atom is -0.309 e. The second-order valence-electron chi connectivity index (χ2n) is 4.30. The lowest BCUT2D eigenvalue weighted by atomic mass is 10.2. The number of thiol groups is 1. The molecule has 0 aliphatic heterocycles. The molecule has 0 saturated carbocycles. The van der Waals surface area contributed by atoms with E-state index in [0.717, 1.165) is 0 Å². The van der Waals surface area contributed by atoms with E-state index >= 15 is 0 Å². The van der Waals surface area contributed by atoms with Gasteiger partial charge in [0.15, 0.2) is 0 Å². The molecule has 0 atom stereocenters. The molecule has 0 amide bonds. The molecule has 0 spiro atoms. The van der Waals surface area contributed by atoms with Crippen molar-refractivity contribution in [3.63, 3.8) is 0 Å². The largest absolute Gasteiger partial charge is 0.309 e. The van der Waals surface area contributed by atoms with Crippen molar-refractivity contribution >= 4 is 34.4 Å². The van der Waals surface area contributed by atoms with E-state index < -0.39 is 24.2 Å². The standard InChI is InChI=1S/C18H13NS/c20-14-7-5-6-13(12-14)19-17-10-3-1-8-15(17)16-9-2-4-11-18(16)19/h1-12,20H/i1D,2D,3D,4D,8D,9D,10D,11D. The number of fused-ring (bicyclic) bond motifs is 3. The van der Waals surface area contributed by atoms with Gasteiger partial charge in [-0.3, -0.25) is 0 Å². The molecule has 1 nitrogen and oxygen atoms in total. The lowest BCUT2D eigenvalue weighted by molar-refractivity contribution is 1.16. The number of rotatable bonds is 1. The second-order valence-corrected chi connectivity index (χ2v) is 4.82. The quantitative estimate of drug-likeness (QED) is 0.465. The molecule has 0 aliphatic carbocycles. The van der Waals surface area contributed by atoms with Crippen LogP contribution in [0.15, 0.2) is 77.5 Å². The Balaban J connectivity index is 2.44. The predicted molar refractivity (Wildman–Crippen MR) is 88.0 cm³/mol. The molecule has 0 aliphatic rings. The van der Waals surface area contributed by atoms with Crippen molar-refractivity contribution in [2.45, 2.75) is 4.90 Å². The second kappa shape index (κ2) is 4.43. The van der Waals surface area contributed by atoms with Gasteiger partial charge in [-0.25, -0.2) is 0 Å². The zero-order valence-electron chi connectivity index (χ0n) is 18.2. The van der Waals surface area contributed by atoms with Crippen molar-refractivity contribution in [1.29, 1.82) is 0 Å². The van der Waals surface area contributed by atoms with E-state index in [2.05, 4.69) is 12.6 Å². The molecule has 1 heterocycles. The van der Waals surface area contributed by atoms with E-state index in [0.29, 0.717) is 10.6 Å². The molecule has 0 N–H and O–H groups in total. The first-order valence-electron chi connectivity index (χ1n) is 9.97. The first-order valence-corrected chi connectivity index (χ1v) is 6.41. The SMILES string of the molecule is [2H]c1c([2H])c([2H])c2c(c1[2H])c1c([2H])c([2H])c([2H])c([2H])c1n2-c1cccc(S)c1. The number of benzene rings is 3. The number of aromatic nitrogens is 1. The topological polar surface area (TPSA) is 4.93 Å². The molecular weight excluding hydrogens is 262 g/mol. The van der Waals surface area contributed by atoms with Gasteiger partial charge in [-0.15, -0.1) is 12.6 Å². The zero-order chi connectivity index (χ0) is 20.5. The zero-order valence-corrected chi connectivity index (χ0v) is 11.1. The average Bonchev–Trinajstić information content (AvgIpc) is 3.03. The van der Waals surface area contributed by atoms with Crippen LogP contribution in [0.25, 0.3) is 27.5 Å². The number of hydrogen-bond donors (Lipinski definition) is 1. The van der Waals surface area contributed by atoms with Gasteiger partial charge in [0, 0.05) is 21.4 Å². The number of hydrogen-bond acceptors (Lipinski definition) is 1. The van der Waals surface area contributed by atoms with Gasteiger partial charge in [0.1, 0.15) is 0 Å². The van der Waals surface area contributed by atoms with E-state index in [1.807, 2.05) is 0 Å². The van der Waals surface area contributed by atoms with Crippen molar-refractivity contribution in [3.05, 3.63) is 72.6 Å². The van der Waals surface area contributed by atoms with Gasteiger partial charge in [-0.05, 0) is 30.3 Å². The number of para-hydroxylation sites is 2. The minimum atomic E-state index is -0.452. The lowest BCUT2D eigenvalue weighted by Gasteiger charge is -2.08. The highest BCUT2D eigenvalue weighted by molar-refractivity contribution is 7.80. The van der Waals surface area contributed by atoms with Gasteiger partial charge in [-0.2, -0.15) is 0 Å². The summed E-state index contributed by atoms with van der Waals surface area (Å²) in [5, 5.41) is 0.134. The first-order chi connectivity index (χ1) is 13.2. The highest BCUT2D eigenvalue weighted by atomic mass is 32.1. The number of nitrogens with zero attached hydrogens (tertiary/aromatic N) is 1. The highest BCUT2D eigenvalue weighted by Gasteiger charge is 2.10. The summed E-state index contributed by atoms with van der Waals surface area (Å²) in [6.07, 6.45) is 0. The summed E-state index contributed by atoms with van der Waals surface area (Å²) in [5.74, 6) is 0. The molecule has 4 aromatic rings. The van der Waals surface area contributed by atoms with Crippen LogP contribution >= 0.6 is 12.6 Å². The van der Waals surface area contributed by atoms with E-state index in [4.69, 9.17) is 11.0 Å². The van der Waals surface area contributed by atoms with Gasteiger partial charge in [-0.1, -0.05) is 42.3 Å². The van der Waals surface area contributed by atoms with Crippen molar-refractivity contribution < 1.29 is 11.0 Å². The van der Waals surface area contributed by atoms with Gasteiger partial charge in [0.2, 0.25) is 0 Å². The summed E-state index contributed by atoms with van der Waals surface area (Å²) in [4.78, 5) is 0.606. The van der Waals surface area contributed by atoms with Gasteiger partial charge in [0.05, 0.1) is 22.0 Å². The van der Waals surface area contributed by atoms with E-state index in [9.17, 15) is 0 Å². The highest BCUT2D eigenvalue weighted by Crippen LogP contribution is 2.31. The molecule has 0 bridgehead atoms. The van der Waals surface area contributed by atoms with E-state index in [1.165, 1.54) is 4.57 Å². The summed E-state index contributed by atoms with van der Waals surface area (Å²) in [5.41, 5.74) is 0.696. The Bertz CT molecular complexity index is 1230. The van der Waals surface area contributed by atoms with E-state index in [-0.39, 0.29) is 46.0 Å². The minimum absolute atomic E-state index is 0.0672. The fraction of sp³-hybridized carbons (Fsp3) is 0. The van der Waals surface area contributed by atoms with Gasteiger partial charge in [0.25, 0.3) is 0 Å². The Morgan fingerprint density at radius 1 is 0.850 bits per heavy atom. The molecular formula is C18H13NS. The van der Waals surface area contributed by atoms with Crippen LogP contribution in [0.1, 0.15) is 11.0 Å². The third-order valence-corrected chi connectivity index (χ3v) is 3.40. The van der Waals surface area contributed by atoms with Gasteiger partial charge < -0.3 is 4.57 Å². The summed E-state index contributed by atoms with van der Waals surface area (Å²) >= 11 is 4.32. The predicted octanol–water partition coefficient (Wildman–Crippen LogP) is 5.07. The van der Waals surface area contributed by atoms with Crippen molar-refractivity contribution in [2.75, 3.05) is 0 Å². The normalized spacial score (nSPS) is 16.9. The smallest absolute Gasteiger partial charge is 0.0645 e. The van der Waals surface area contributed by atoms with Crippen LogP contribution in [0, 0.1) is 0 Å². The third kappa shape index (κ3) is 1.65. The van der Waals surface area contributed by atoms with E-state index in [1.54, 1.807) is 24.3 Å². The monoisotopic (exact) mass is 283 g/mol. The molecule has 1 aromatic heterocycles. The van der Waals surface area contributed by atoms with Crippen LogP contribution in [0.2, 0.25) is 0 Å². The average molecular weight is 283 g/mol. The Labute approximate surface area is 134 Å². The third-order valence-electron chi connectivity index (χ3n) is 3.12. The fourth-order valence-corrected chi connectivity index (χ4v) is 2.53. The van der Waals surface area contributed by atoms with Gasteiger partial charge >= 0.3 is 0 Å². The fourth-order valence-electron chi connectivity index (χ4n) is 2.31. The molecule has 96 valence electrons. The van der Waals surface area contributed by atoms with Crippen molar-refractivity contribution in [1.82, 2.24) is 4.57 Å². The summed E-state index contributed by atoms with van der Waals surface area (Å²) in [7, 11) is 0. The van der Waals surface area contributed by atoms with Crippen LogP contribution in [0.4, 0.5) is 0 Å². The Kier molecular flexibility index (Phi) is 1.34. The maximum absolute atomic E-state index is 8.40. The van der Waals surface area contributed by atoms with Crippen LogP contribution in [-0.2, 0) is 0 Å². The Hall–Kier alpha value is -2.19. The molecule has 0 unspecified atom stereocenters. The molecule has 2 heteroatoms. The van der Waals surface area contributed by atoms with Crippen molar-refractivity contribution in [3.8, 4) is 5.69 Å². The Morgan fingerprint density at radius 2 is 1.45 bits per heavy atom. The van der Waals surface area contributed by atoms with Crippen LogP contribution < -0.4 is 0 Å². The molecule has 0 fully saturated rings. The molecule has 0 saturated heterocycles. The maximum Gasteiger partial charge on any atom is 0.0645 e. The molecule has 4 rings (SSSR count). The summed E-state index contributed by atoms with van der Waals surface area (Å²) < 4.78 is 67.0. The first kappa shape index (κ1) is 6.06. The molecule has 0 radical (unpaired) electrons. The summed E-state index contributed by atoms with van der Waals surface area (Å²) in [6, 6.07) is 3.75. The summed E-state index contributed by atoms with van der Waals surface area (Å²) in [6.45, 7) is 0. The lowest BCUT2D eigenvalue weighted by Crippen LogP contribution is -1.93. The van der Waals surface area contributed by atoms with Crippen LogP contribution in [0.5, 0.6) is 0 Å².